The van der Waals surface area contributed by atoms with E-state index in [1.54, 1.807) is 0 Å². The van der Waals surface area contributed by atoms with Gasteiger partial charge in [-0.3, -0.25) is 4.79 Å². The smallest absolute Gasteiger partial charge is 0.252 e. The number of amides is 1. The molecule has 2 heterocycles. The third-order valence-corrected chi connectivity index (χ3v) is 4.49. The number of carbonyl (C=O) groups is 1. The Morgan fingerprint density at radius 3 is 2.65 bits per heavy atom. The average molecular weight is 282 g/mol. The molecular formula is C16H30N2O2. The Hall–Kier alpha value is -0.610. The molecule has 0 bridgehead atoms. The number of nitrogens with one attached hydrogen (secondary N) is 1. The second-order valence-corrected chi connectivity index (χ2v) is 7.03. The van der Waals surface area contributed by atoms with Crippen LogP contribution in [0.2, 0.25) is 0 Å². The van der Waals surface area contributed by atoms with E-state index in [1.165, 1.54) is 0 Å². The first-order valence-electron chi connectivity index (χ1n) is 8.14. The summed E-state index contributed by atoms with van der Waals surface area (Å²) < 4.78 is 5.61. The highest BCUT2D eigenvalue weighted by atomic mass is 16.5. The van der Waals surface area contributed by atoms with Crippen molar-refractivity contribution in [3.8, 4) is 0 Å². The fourth-order valence-corrected chi connectivity index (χ4v) is 3.25. The van der Waals surface area contributed by atoms with Crippen LogP contribution in [0.3, 0.4) is 0 Å². The molecule has 2 saturated heterocycles. The molecule has 0 aromatic heterocycles. The Morgan fingerprint density at radius 2 is 2.10 bits per heavy atom. The third kappa shape index (κ3) is 3.73. The van der Waals surface area contributed by atoms with E-state index in [0.29, 0.717) is 23.9 Å². The summed E-state index contributed by atoms with van der Waals surface area (Å²) in [6.07, 6.45) is 2.79. The van der Waals surface area contributed by atoms with Crippen molar-refractivity contribution in [2.75, 3.05) is 19.7 Å². The maximum Gasteiger partial charge on any atom is 0.252 e. The number of carbonyl (C=O) groups excluding carboxylic acids is 1. The number of hydrogen-bond donors (Lipinski definition) is 1. The van der Waals surface area contributed by atoms with E-state index in [-0.39, 0.29) is 12.0 Å². The van der Waals surface area contributed by atoms with Crippen LogP contribution in [0.25, 0.3) is 0 Å². The fraction of sp³-hybridized carbons (Fsp3) is 0.938. The Kier molecular flexibility index (Phi) is 5.44. The van der Waals surface area contributed by atoms with Crippen LogP contribution in [0.1, 0.15) is 47.0 Å². The lowest BCUT2D eigenvalue weighted by atomic mass is 9.94. The molecule has 1 N–H and O–H groups in total. The minimum Gasteiger partial charge on any atom is -0.368 e. The van der Waals surface area contributed by atoms with Crippen molar-refractivity contribution in [3.05, 3.63) is 0 Å². The largest absolute Gasteiger partial charge is 0.368 e. The third-order valence-electron chi connectivity index (χ3n) is 4.49. The second-order valence-electron chi connectivity index (χ2n) is 7.03. The van der Waals surface area contributed by atoms with Crippen molar-refractivity contribution >= 4 is 5.91 Å². The molecule has 0 saturated carbocycles. The molecule has 2 fully saturated rings. The molecule has 3 atom stereocenters. The van der Waals surface area contributed by atoms with Gasteiger partial charge in [0.2, 0.25) is 0 Å². The van der Waals surface area contributed by atoms with Crippen molar-refractivity contribution in [1.82, 2.24) is 10.2 Å². The van der Waals surface area contributed by atoms with E-state index in [1.807, 2.05) is 0 Å². The molecule has 4 heteroatoms. The van der Waals surface area contributed by atoms with Crippen molar-refractivity contribution in [2.45, 2.75) is 65.1 Å². The highest BCUT2D eigenvalue weighted by Crippen LogP contribution is 2.22. The number of piperazine rings is 1. The maximum absolute atomic E-state index is 12.7. The van der Waals surface area contributed by atoms with Gasteiger partial charge in [0, 0.05) is 31.8 Å². The van der Waals surface area contributed by atoms with Crippen LogP contribution in [-0.4, -0.2) is 48.7 Å². The molecule has 1 amide bonds. The molecule has 20 heavy (non-hydrogen) atoms. The molecule has 2 rings (SSSR count). The zero-order chi connectivity index (χ0) is 14.7. The second kappa shape index (κ2) is 6.90. The van der Waals surface area contributed by atoms with Crippen LogP contribution in [0.5, 0.6) is 0 Å². The predicted molar refractivity (Wildman–Crippen MR) is 80.6 cm³/mol. The Bertz CT molecular complexity index is 324. The van der Waals surface area contributed by atoms with Gasteiger partial charge in [-0.1, -0.05) is 27.7 Å². The van der Waals surface area contributed by atoms with E-state index >= 15 is 0 Å². The zero-order valence-corrected chi connectivity index (χ0v) is 13.4. The molecular weight excluding hydrogens is 252 g/mol. The number of ether oxygens (including phenoxy) is 1. The maximum atomic E-state index is 12.7. The lowest BCUT2D eigenvalue weighted by Gasteiger charge is -2.43. The van der Waals surface area contributed by atoms with Crippen molar-refractivity contribution in [3.63, 3.8) is 0 Å². The monoisotopic (exact) mass is 282 g/mol. The van der Waals surface area contributed by atoms with Crippen LogP contribution in [0.4, 0.5) is 0 Å². The van der Waals surface area contributed by atoms with E-state index in [9.17, 15) is 4.79 Å². The molecule has 0 spiro atoms. The summed E-state index contributed by atoms with van der Waals surface area (Å²) in [6, 6.07) is 0.727. The van der Waals surface area contributed by atoms with Gasteiger partial charge in [0.15, 0.2) is 0 Å². The minimum absolute atomic E-state index is 0.185. The molecule has 0 radical (unpaired) electrons. The van der Waals surface area contributed by atoms with E-state index < -0.39 is 0 Å². The van der Waals surface area contributed by atoms with Gasteiger partial charge in [-0.05, 0) is 31.1 Å². The van der Waals surface area contributed by atoms with E-state index in [2.05, 4.69) is 37.9 Å². The van der Waals surface area contributed by atoms with E-state index in [0.717, 1.165) is 39.0 Å². The number of hydrogen-bond acceptors (Lipinski definition) is 3. The molecule has 2 aliphatic rings. The lowest BCUT2D eigenvalue weighted by molar-refractivity contribution is -0.145. The highest BCUT2D eigenvalue weighted by molar-refractivity contribution is 5.81. The van der Waals surface area contributed by atoms with Gasteiger partial charge in [-0.2, -0.15) is 0 Å². The van der Waals surface area contributed by atoms with Gasteiger partial charge in [0.25, 0.3) is 5.91 Å². The van der Waals surface area contributed by atoms with Gasteiger partial charge in [0.05, 0.1) is 0 Å². The number of nitrogens with zero attached hydrogens (tertiary/aromatic N) is 1. The number of rotatable bonds is 4. The topological polar surface area (TPSA) is 41.6 Å². The SMILES string of the molecule is CC(C)CC1CNC(C(C)C)CN1C(=O)C1CCCO1. The summed E-state index contributed by atoms with van der Waals surface area (Å²) in [4.78, 5) is 14.8. The lowest BCUT2D eigenvalue weighted by Crippen LogP contribution is -2.61. The molecule has 0 aromatic rings. The predicted octanol–water partition coefficient (Wildman–Crippen LogP) is 2.04. The molecule has 4 nitrogen and oxygen atoms in total. The molecule has 116 valence electrons. The Balaban J connectivity index is 2.05. The quantitative estimate of drug-likeness (QED) is 0.858. The van der Waals surface area contributed by atoms with Gasteiger partial charge in [-0.25, -0.2) is 0 Å². The summed E-state index contributed by atoms with van der Waals surface area (Å²) >= 11 is 0. The first-order chi connectivity index (χ1) is 9.49. The summed E-state index contributed by atoms with van der Waals surface area (Å²) in [5.74, 6) is 1.38. The van der Waals surface area contributed by atoms with Gasteiger partial charge in [-0.15, -0.1) is 0 Å². The van der Waals surface area contributed by atoms with Crippen LogP contribution in [-0.2, 0) is 9.53 Å². The van der Waals surface area contributed by atoms with Crippen molar-refractivity contribution in [2.24, 2.45) is 11.8 Å². The summed E-state index contributed by atoms with van der Waals surface area (Å²) in [7, 11) is 0. The Morgan fingerprint density at radius 1 is 1.35 bits per heavy atom. The van der Waals surface area contributed by atoms with Crippen molar-refractivity contribution in [1.29, 1.82) is 0 Å². The summed E-state index contributed by atoms with van der Waals surface area (Å²) in [5, 5.41) is 3.61. The van der Waals surface area contributed by atoms with Crippen LogP contribution >= 0.6 is 0 Å². The van der Waals surface area contributed by atoms with Gasteiger partial charge < -0.3 is 15.0 Å². The van der Waals surface area contributed by atoms with Crippen molar-refractivity contribution < 1.29 is 9.53 Å². The summed E-state index contributed by atoms with van der Waals surface area (Å²) in [6.45, 7) is 11.4. The average Bonchev–Trinajstić information content (AvgIpc) is 2.91. The normalized spacial score (nSPS) is 31.3. The summed E-state index contributed by atoms with van der Waals surface area (Å²) in [5.41, 5.74) is 0. The zero-order valence-electron chi connectivity index (χ0n) is 13.4. The first-order valence-corrected chi connectivity index (χ1v) is 8.14. The highest BCUT2D eigenvalue weighted by Gasteiger charge is 2.37. The van der Waals surface area contributed by atoms with Gasteiger partial charge in [0.1, 0.15) is 6.10 Å². The minimum atomic E-state index is -0.185. The van der Waals surface area contributed by atoms with Crippen LogP contribution in [0, 0.1) is 11.8 Å². The molecule has 2 aliphatic heterocycles. The molecule has 0 aromatic carbocycles. The van der Waals surface area contributed by atoms with E-state index in [4.69, 9.17) is 4.74 Å². The van der Waals surface area contributed by atoms with Crippen LogP contribution < -0.4 is 5.32 Å². The van der Waals surface area contributed by atoms with Gasteiger partial charge >= 0.3 is 0 Å². The Labute approximate surface area is 123 Å². The molecule has 0 aliphatic carbocycles. The van der Waals surface area contributed by atoms with Crippen LogP contribution in [0.15, 0.2) is 0 Å². The standard InChI is InChI=1S/C16H30N2O2/c1-11(2)8-13-9-17-14(12(3)4)10-18(13)16(19)15-6-5-7-20-15/h11-15,17H,5-10H2,1-4H3. The first kappa shape index (κ1) is 15.8. The molecule has 3 unspecified atom stereocenters. The fourth-order valence-electron chi connectivity index (χ4n) is 3.25.